The fourth-order valence-electron chi connectivity index (χ4n) is 2.10. The molecule has 0 spiro atoms. The van der Waals surface area contributed by atoms with Crippen LogP contribution in [-0.4, -0.2) is 69.7 Å². The van der Waals surface area contributed by atoms with Gasteiger partial charge in [-0.3, -0.25) is 24.8 Å². The van der Waals surface area contributed by atoms with Crippen LogP contribution in [-0.2, 0) is 14.3 Å². The van der Waals surface area contributed by atoms with Gasteiger partial charge in [0.25, 0.3) is 0 Å². The van der Waals surface area contributed by atoms with Crippen molar-refractivity contribution in [2.45, 2.75) is 32.0 Å². The van der Waals surface area contributed by atoms with Crippen molar-refractivity contribution in [3.8, 4) is 0 Å². The lowest BCUT2D eigenvalue weighted by atomic mass is 10.4. The van der Waals surface area contributed by atoms with Crippen LogP contribution >= 0.6 is 11.8 Å². The lowest BCUT2D eigenvalue weighted by Crippen LogP contribution is -2.38. The van der Waals surface area contributed by atoms with Gasteiger partial charge in [-0.1, -0.05) is 11.8 Å². The number of amides is 1. The second kappa shape index (κ2) is 8.10. The Hall–Kier alpha value is -2.43. The Bertz CT molecular complexity index is 682. The molecule has 0 saturated carbocycles. The minimum atomic E-state index is -0.565. The first-order chi connectivity index (χ1) is 11.8. The first-order valence-electron chi connectivity index (χ1n) is 7.74. The second-order valence-electron chi connectivity index (χ2n) is 5.44. The molecule has 1 saturated heterocycles. The Morgan fingerprint density at radius 1 is 1.40 bits per heavy atom. The maximum absolute atomic E-state index is 12.2. The van der Waals surface area contributed by atoms with E-state index in [1.54, 1.807) is 6.92 Å². The minimum absolute atomic E-state index is 0.114. The van der Waals surface area contributed by atoms with E-state index in [2.05, 4.69) is 20.3 Å². The monoisotopic (exact) mass is 367 g/mol. The van der Waals surface area contributed by atoms with Crippen LogP contribution in [0.1, 0.15) is 20.8 Å². The van der Waals surface area contributed by atoms with E-state index in [1.165, 1.54) is 16.7 Å². The molecule has 2 rings (SSSR count). The van der Waals surface area contributed by atoms with E-state index < -0.39 is 5.97 Å². The highest BCUT2D eigenvalue weighted by molar-refractivity contribution is 7.98. The molecule has 0 bridgehead atoms. The number of hydrogen-bond donors (Lipinski definition) is 2. The number of guanidine groups is 1. The number of thioether (sulfide) groups is 1. The van der Waals surface area contributed by atoms with Gasteiger partial charge < -0.3 is 10.1 Å². The molecule has 0 atom stereocenters. The summed E-state index contributed by atoms with van der Waals surface area (Å²) < 4.78 is 4.84. The topological polar surface area (TPSA) is 124 Å². The smallest absolute Gasteiger partial charge is 0.326 e. The van der Waals surface area contributed by atoms with E-state index in [9.17, 15) is 9.59 Å². The van der Waals surface area contributed by atoms with Gasteiger partial charge in [0, 0.05) is 6.04 Å². The summed E-state index contributed by atoms with van der Waals surface area (Å²) in [6, 6.07) is 0.116. The van der Waals surface area contributed by atoms with Crippen LogP contribution in [0.15, 0.2) is 5.16 Å². The van der Waals surface area contributed by atoms with Crippen molar-refractivity contribution in [2.24, 2.45) is 0 Å². The largest absolute Gasteiger partial charge is 0.465 e. The quantitative estimate of drug-likeness (QED) is 0.525. The van der Waals surface area contributed by atoms with Crippen molar-refractivity contribution in [1.29, 1.82) is 5.41 Å². The number of rotatable bonds is 7. The van der Waals surface area contributed by atoms with Crippen LogP contribution in [0, 0.1) is 5.41 Å². The third-order valence-corrected chi connectivity index (χ3v) is 3.69. The molecule has 0 aromatic carbocycles. The van der Waals surface area contributed by atoms with Crippen molar-refractivity contribution < 1.29 is 14.3 Å². The molecule has 136 valence electrons. The lowest BCUT2D eigenvalue weighted by molar-refractivity contribution is -0.146. The zero-order chi connectivity index (χ0) is 18.6. The van der Waals surface area contributed by atoms with Crippen LogP contribution in [0.3, 0.4) is 0 Å². The van der Waals surface area contributed by atoms with E-state index in [0.29, 0.717) is 11.1 Å². The molecular weight excluding hydrogens is 346 g/mol. The van der Waals surface area contributed by atoms with Gasteiger partial charge in [0.05, 0.1) is 6.61 Å². The molecular formula is C14H21N7O3S. The maximum atomic E-state index is 12.2. The highest BCUT2D eigenvalue weighted by atomic mass is 32.2. The van der Waals surface area contributed by atoms with E-state index in [1.807, 2.05) is 20.1 Å². The van der Waals surface area contributed by atoms with Crippen LogP contribution in [0.2, 0.25) is 0 Å². The molecule has 2 heterocycles. The summed E-state index contributed by atoms with van der Waals surface area (Å²) >= 11 is 1.33. The third-order valence-electron chi connectivity index (χ3n) is 3.14. The molecule has 2 N–H and O–H groups in total. The molecule has 0 aliphatic carbocycles. The summed E-state index contributed by atoms with van der Waals surface area (Å²) in [5.41, 5.74) is 0. The van der Waals surface area contributed by atoms with E-state index in [0.717, 1.165) is 4.90 Å². The van der Waals surface area contributed by atoms with Crippen LogP contribution in [0.25, 0.3) is 0 Å². The van der Waals surface area contributed by atoms with Gasteiger partial charge in [-0.05, 0) is 27.0 Å². The molecule has 1 fully saturated rings. The van der Waals surface area contributed by atoms with E-state index in [-0.39, 0.29) is 43.6 Å². The Balaban J connectivity index is 2.25. The molecule has 11 heteroatoms. The molecule has 25 heavy (non-hydrogen) atoms. The molecule has 1 aliphatic heterocycles. The zero-order valence-electron chi connectivity index (χ0n) is 14.6. The normalized spacial score (nSPS) is 14.4. The maximum Gasteiger partial charge on any atom is 0.326 e. The predicted octanol–water partition coefficient (Wildman–Crippen LogP) is 0.560. The van der Waals surface area contributed by atoms with Crippen molar-refractivity contribution >= 4 is 41.5 Å². The first-order valence-corrected chi connectivity index (χ1v) is 8.96. The highest BCUT2D eigenvalue weighted by Crippen LogP contribution is 2.21. The Morgan fingerprint density at radius 2 is 2.12 bits per heavy atom. The van der Waals surface area contributed by atoms with Gasteiger partial charge in [-0.25, -0.2) is 0 Å². The van der Waals surface area contributed by atoms with Crippen molar-refractivity contribution in [2.75, 3.05) is 36.2 Å². The van der Waals surface area contributed by atoms with E-state index >= 15 is 0 Å². The SMILES string of the molecule is CCOC(=O)CN1C(=N)N(c2nc(NC(C)C)nc(SC)n2)CC1=O. The molecule has 0 unspecified atom stereocenters. The number of carbonyl (C=O) groups excluding carboxylic acids is 2. The van der Waals surface area contributed by atoms with Gasteiger partial charge in [-0.15, -0.1) is 0 Å². The number of aromatic nitrogens is 3. The van der Waals surface area contributed by atoms with Gasteiger partial charge >= 0.3 is 5.97 Å². The minimum Gasteiger partial charge on any atom is -0.465 e. The average Bonchev–Trinajstić information content (AvgIpc) is 2.82. The summed E-state index contributed by atoms with van der Waals surface area (Å²) in [7, 11) is 0. The molecule has 1 aromatic rings. The summed E-state index contributed by atoms with van der Waals surface area (Å²) in [4.78, 5) is 39.0. The first kappa shape index (κ1) is 18.9. The molecule has 10 nitrogen and oxygen atoms in total. The average molecular weight is 367 g/mol. The summed E-state index contributed by atoms with van der Waals surface area (Å²) in [6.45, 7) is 5.37. The Morgan fingerprint density at radius 3 is 2.72 bits per heavy atom. The molecule has 1 aliphatic rings. The molecule has 1 aromatic heterocycles. The van der Waals surface area contributed by atoms with Gasteiger partial charge in [0.2, 0.25) is 23.8 Å². The standard InChI is InChI=1S/C14H21N7O3S/c1-5-24-10(23)7-20-9(22)6-21(11(20)15)13-17-12(16-8(2)3)18-14(19-13)25-4/h8,15H,5-7H2,1-4H3,(H,16,17,18,19). The van der Waals surface area contributed by atoms with Crippen molar-refractivity contribution in [3.05, 3.63) is 0 Å². The number of esters is 1. The van der Waals surface area contributed by atoms with Crippen LogP contribution < -0.4 is 10.2 Å². The number of anilines is 2. The fraction of sp³-hybridized carbons (Fsp3) is 0.571. The second-order valence-corrected chi connectivity index (χ2v) is 6.21. The fourth-order valence-corrected chi connectivity index (χ4v) is 2.45. The van der Waals surface area contributed by atoms with Crippen molar-refractivity contribution in [3.63, 3.8) is 0 Å². The number of nitrogens with zero attached hydrogens (tertiary/aromatic N) is 5. The van der Waals surface area contributed by atoms with Gasteiger partial charge in [0.15, 0.2) is 5.16 Å². The summed E-state index contributed by atoms with van der Waals surface area (Å²) in [6.07, 6.45) is 1.83. The molecule has 1 amide bonds. The van der Waals surface area contributed by atoms with E-state index in [4.69, 9.17) is 10.1 Å². The van der Waals surface area contributed by atoms with Crippen LogP contribution in [0.4, 0.5) is 11.9 Å². The Labute approximate surface area is 149 Å². The zero-order valence-corrected chi connectivity index (χ0v) is 15.4. The lowest BCUT2D eigenvalue weighted by Gasteiger charge is -2.19. The predicted molar refractivity (Wildman–Crippen MR) is 93.8 cm³/mol. The number of hydrogen-bond acceptors (Lipinski definition) is 9. The Kier molecular flexibility index (Phi) is 6.12. The van der Waals surface area contributed by atoms with Crippen molar-refractivity contribution in [1.82, 2.24) is 19.9 Å². The van der Waals surface area contributed by atoms with Gasteiger partial charge in [0.1, 0.15) is 13.1 Å². The number of nitrogens with one attached hydrogen (secondary N) is 2. The highest BCUT2D eigenvalue weighted by Gasteiger charge is 2.37. The molecule has 0 radical (unpaired) electrons. The number of ether oxygens (including phenoxy) is 1. The summed E-state index contributed by atoms with van der Waals surface area (Å²) in [5, 5.41) is 11.7. The third kappa shape index (κ3) is 4.56. The van der Waals surface area contributed by atoms with Gasteiger partial charge in [-0.2, -0.15) is 15.0 Å². The summed E-state index contributed by atoms with van der Waals surface area (Å²) in [5.74, 6) is -0.556. The van der Waals surface area contributed by atoms with Crippen LogP contribution in [0.5, 0.6) is 0 Å². The number of carbonyl (C=O) groups is 2.